The molecule has 66 valence electrons. The van der Waals surface area contributed by atoms with E-state index < -0.39 is 12.7 Å². The number of rotatable bonds is 2. The van der Waals surface area contributed by atoms with Gasteiger partial charge in [-0.05, 0) is 18.2 Å². The van der Waals surface area contributed by atoms with Crippen LogP contribution in [0.5, 0.6) is 5.75 Å². The average Bonchev–Trinajstić information content (AvgIpc) is 2.08. The summed E-state index contributed by atoms with van der Waals surface area (Å²) in [6, 6.07) is 4.01. The SMILES string of the molecule is NC(CF)c1cc(Br)ccc1O. The molecule has 0 fully saturated rings. The summed E-state index contributed by atoms with van der Waals surface area (Å²) < 4.78 is 12.9. The minimum Gasteiger partial charge on any atom is -0.508 e. The first-order valence-corrected chi connectivity index (χ1v) is 4.24. The molecule has 1 aromatic rings. The molecule has 0 bridgehead atoms. The Bertz CT molecular complexity index is 280. The molecule has 0 aliphatic carbocycles. The lowest BCUT2D eigenvalue weighted by Gasteiger charge is -2.09. The first-order valence-electron chi connectivity index (χ1n) is 3.45. The Morgan fingerprint density at radius 1 is 1.58 bits per heavy atom. The Morgan fingerprint density at radius 2 is 2.25 bits per heavy atom. The minimum atomic E-state index is -0.748. The molecule has 0 aromatic heterocycles. The summed E-state index contributed by atoms with van der Waals surface area (Å²) in [5.74, 6) is 0.0309. The molecule has 1 aromatic carbocycles. The molecule has 3 N–H and O–H groups in total. The molecule has 0 spiro atoms. The van der Waals surface area contributed by atoms with Gasteiger partial charge in [0.05, 0.1) is 6.04 Å². The molecule has 0 amide bonds. The van der Waals surface area contributed by atoms with E-state index in [1.165, 1.54) is 6.07 Å². The molecule has 0 saturated heterocycles. The standard InChI is InChI=1S/C8H9BrFNO/c9-5-1-2-8(12)6(3-5)7(11)4-10/h1-3,7,12H,4,11H2. The van der Waals surface area contributed by atoms with Gasteiger partial charge < -0.3 is 10.8 Å². The van der Waals surface area contributed by atoms with Crippen LogP contribution in [0.15, 0.2) is 22.7 Å². The molecule has 4 heteroatoms. The van der Waals surface area contributed by atoms with Gasteiger partial charge in [0.2, 0.25) is 0 Å². The third-order valence-corrected chi connectivity index (χ3v) is 2.05. The Morgan fingerprint density at radius 3 is 2.83 bits per heavy atom. The van der Waals surface area contributed by atoms with Gasteiger partial charge in [-0.2, -0.15) is 0 Å². The molecule has 0 saturated carbocycles. The molecule has 0 aliphatic heterocycles. The van der Waals surface area contributed by atoms with Crippen molar-refractivity contribution in [1.29, 1.82) is 0 Å². The van der Waals surface area contributed by atoms with Crippen LogP contribution < -0.4 is 5.73 Å². The van der Waals surface area contributed by atoms with Crippen molar-refractivity contribution >= 4 is 15.9 Å². The van der Waals surface area contributed by atoms with E-state index in [1.807, 2.05) is 0 Å². The average molecular weight is 234 g/mol. The normalized spacial score (nSPS) is 12.9. The summed E-state index contributed by atoms with van der Waals surface area (Å²) in [6.45, 7) is -0.677. The molecule has 12 heavy (non-hydrogen) atoms. The molecule has 1 unspecified atom stereocenters. The smallest absolute Gasteiger partial charge is 0.120 e. The van der Waals surface area contributed by atoms with Crippen LogP contribution >= 0.6 is 15.9 Å². The number of hydrogen-bond acceptors (Lipinski definition) is 2. The second kappa shape index (κ2) is 3.87. The van der Waals surface area contributed by atoms with Crippen molar-refractivity contribution in [3.63, 3.8) is 0 Å². The van der Waals surface area contributed by atoms with Crippen molar-refractivity contribution < 1.29 is 9.50 Å². The Kier molecular flexibility index (Phi) is 3.05. The lowest BCUT2D eigenvalue weighted by molar-refractivity contribution is 0.414. The number of aromatic hydroxyl groups is 1. The fraction of sp³-hybridized carbons (Fsp3) is 0.250. The maximum Gasteiger partial charge on any atom is 0.120 e. The van der Waals surface area contributed by atoms with E-state index in [9.17, 15) is 9.50 Å². The summed E-state index contributed by atoms with van der Waals surface area (Å²) in [6.07, 6.45) is 0. The van der Waals surface area contributed by atoms with Crippen LogP contribution in [0.4, 0.5) is 4.39 Å². The van der Waals surface area contributed by atoms with Gasteiger partial charge in [0.15, 0.2) is 0 Å². The van der Waals surface area contributed by atoms with E-state index in [-0.39, 0.29) is 5.75 Å². The predicted molar refractivity (Wildman–Crippen MR) is 48.7 cm³/mol. The fourth-order valence-corrected chi connectivity index (χ4v) is 1.28. The van der Waals surface area contributed by atoms with Crippen LogP contribution in [0.25, 0.3) is 0 Å². The van der Waals surface area contributed by atoms with Crippen LogP contribution in [-0.2, 0) is 0 Å². The molecular formula is C8H9BrFNO. The highest BCUT2D eigenvalue weighted by Gasteiger charge is 2.10. The zero-order valence-electron chi connectivity index (χ0n) is 6.30. The number of phenols is 1. The summed E-state index contributed by atoms with van der Waals surface area (Å²) in [4.78, 5) is 0. The molecule has 0 radical (unpaired) electrons. The molecular weight excluding hydrogens is 225 g/mol. The van der Waals surface area contributed by atoms with Crippen LogP contribution in [0, 0.1) is 0 Å². The van der Waals surface area contributed by atoms with E-state index in [1.54, 1.807) is 12.1 Å². The molecule has 1 atom stereocenters. The van der Waals surface area contributed by atoms with Crippen LogP contribution in [0.3, 0.4) is 0 Å². The zero-order valence-corrected chi connectivity index (χ0v) is 7.88. The largest absolute Gasteiger partial charge is 0.508 e. The number of nitrogens with two attached hydrogens (primary N) is 1. The van der Waals surface area contributed by atoms with Gasteiger partial charge in [0.1, 0.15) is 12.4 Å². The number of alkyl halides is 1. The Balaban J connectivity index is 3.04. The van der Waals surface area contributed by atoms with Crippen LogP contribution in [0.1, 0.15) is 11.6 Å². The lowest BCUT2D eigenvalue weighted by Crippen LogP contribution is -2.12. The third kappa shape index (κ3) is 1.95. The highest BCUT2D eigenvalue weighted by molar-refractivity contribution is 9.10. The Labute approximate surface area is 78.3 Å². The number of halogens is 2. The van der Waals surface area contributed by atoms with Gasteiger partial charge in [-0.3, -0.25) is 0 Å². The monoisotopic (exact) mass is 233 g/mol. The summed E-state index contributed by atoms with van der Waals surface area (Å²) in [5.41, 5.74) is 5.83. The van der Waals surface area contributed by atoms with E-state index in [0.29, 0.717) is 5.56 Å². The lowest BCUT2D eigenvalue weighted by atomic mass is 10.1. The van der Waals surface area contributed by atoms with Gasteiger partial charge in [0.25, 0.3) is 0 Å². The van der Waals surface area contributed by atoms with Gasteiger partial charge in [-0.25, -0.2) is 4.39 Å². The van der Waals surface area contributed by atoms with Crippen molar-refractivity contribution in [2.75, 3.05) is 6.67 Å². The van der Waals surface area contributed by atoms with Crippen LogP contribution in [0.2, 0.25) is 0 Å². The summed E-state index contributed by atoms with van der Waals surface area (Å²) in [7, 11) is 0. The van der Waals surface area contributed by atoms with Crippen LogP contribution in [-0.4, -0.2) is 11.8 Å². The maximum absolute atomic E-state index is 12.1. The van der Waals surface area contributed by atoms with Crippen molar-refractivity contribution in [3.8, 4) is 5.75 Å². The third-order valence-electron chi connectivity index (χ3n) is 1.56. The van der Waals surface area contributed by atoms with E-state index in [0.717, 1.165) is 4.47 Å². The molecule has 0 heterocycles. The fourth-order valence-electron chi connectivity index (χ4n) is 0.905. The van der Waals surface area contributed by atoms with Gasteiger partial charge in [-0.15, -0.1) is 0 Å². The molecule has 2 nitrogen and oxygen atoms in total. The maximum atomic E-state index is 12.1. The van der Waals surface area contributed by atoms with E-state index in [2.05, 4.69) is 15.9 Å². The second-order valence-corrected chi connectivity index (χ2v) is 3.38. The Hall–Kier alpha value is -0.610. The first kappa shape index (κ1) is 9.48. The topological polar surface area (TPSA) is 46.2 Å². The second-order valence-electron chi connectivity index (χ2n) is 2.46. The van der Waals surface area contributed by atoms with Gasteiger partial charge in [0, 0.05) is 10.0 Å². The summed E-state index contributed by atoms with van der Waals surface area (Å²) in [5, 5.41) is 9.27. The van der Waals surface area contributed by atoms with E-state index >= 15 is 0 Å². The molecule has 1 rings (SSSR count). The quantitative estimate of drug-likeness (QED) is 0.823. The first-order chi connectivity index (χ1) is 5.65. The highest BCUT2D eigenvalue weighted by Crippen LogP contribution is 2.26. The van der Waals surface area contributed by atoms with Crippen molar-refractivity contribution in [2.45, 2.75) is 6.04 Å². The predicted octanol–water partition coefficient (Wildman–Crippen LogP) is 2.12. The van der Waals surface area contributed by atoms with Crippen molar-refractivity contribution in [1.82, 2.24) is 0 Å². The zero-order chi connectivity index (χ0) is 9.14. The van der Waals surface area contributed by atoms with Gasteiger partial charge >= 0.3 is 0 Å². The summed E-state index contributed by atoms with van der Waals surface area (Å²) >= 11 is 3.20. The number of phenolic OH excluding ortho intramolecular Hbond substituents is 1. The minimum absolute atomic E-state index is 0.0309. The van der Waals surface area contributed by atoms with Crippen molar-refractivity contribution in [2.24, 2.45) is 5.73 Å². The van der Waals surface area contributed by atoms with Crippen molar-refractivity contribution in [3.05, 3.63) is 28.2 Å². The molecule has 0 aliphatic rings. The highest BCUT2D eigenvalue weighted by atomic mass is 79.9. The number of benzene rings is 1. The number of hydrogen-bond donors (Lipinski definition) is 2. The van der Waals surface area contributed by atoms with Gasteiger partial charge in [-0.1, -0.05) is 15.9 Å². The van der Waals surface area contributed by atoms with E-state index in [4.69, 9.17) is 5.73 Å².